The van der Waals surface area contributed by atoms with Crippen LogP contribution in [0.3, 0.4) is 0 Å². The molecule has 8 heteroatoms. The molecule has 1 aliphatic heterocycles. The van der Waals surface area contributed by atoms with Crippen molar-refractivity contribution < 1.29 is 17.9 Å². The number of hydrogen-bond acceptors (Lipinski definition) is 6. The number of rotatable bonds is 6. The lowest BCUT2D eigenvalue weighted by atomic mass is 10.2. The number of piperazine rings is 1. The number of Topliss-reactive ketones (excluding diaryl/α,β-unsaturated/α-hetero) is 1. The minimum absolute atomic E-state index is 0.0802. The van der Waals surface area contributed by atoms with Crippen molar-refractivity contribution >= 4 is 27.1 Å². The summed E-state index contributed by atoms with van der Waals surface area (Å²) < 4.78 is 32.7. The van der Waals surface area contributed by atoms with Crippen LogP contribution in [-0.2, 0) is 10.0 Å². The first kappa shape index (κ1) is 19.0. The highest BCUT2D eigenvalue weighted by molar-refractivity contribution is 7.89. The zero-order chi connectivity index (χ0) is 18.7. The van der Waals surface area contributed by atoms with Crippen molar-refractivity contribution in [2.24, 2.45) is 0 Å². The molecule has 0 N–H and O–H groups in total. The Hall–Kier alpha value is -1.74. The van der Waals surface area contributed by atoms with Crippen molar-refractivity contribution in [3.63, 3.8) is 0 Å². The molecule has 0 bridgehead atoms. The second-order valence-electron chi connectivity index (χ2n) is 6.24. The van der Waals surface area contributed by atoms with Gasteiger partial charge in [0.15, 0.2) is 5.78 Å². The molecule has 6 nitrogen and oxygen atoms in total. The van der Waals surface area contributed by atoms with E-state index < -0.39 is 10.0 Å². The van der Waals surface area contributed by atoms with Crippen LogP contribution in [0, 0.1) is 6.92 Å². The van der Waals surface area contributed by atoms with Crippen LogP contribution in [0.1, 0.15) is 15.2 Å². The first-order chi connectivity index (χ1) is 12.4. The number of carbonyl (C=O) groups excluding carboxylic acids is 1. The Bertz CT molecular complexity index is 871. The summed E-state index contributed by atoms with van der Waals surface area (Å²) in [6, 6.07) is 8.82. The van der Waals surface area contributed by atoms with E-state index in [-0.39, 0.29) is 10.7 Å². The van der Waals surface area contributed by atoms with Crippen LogP contribution in [-0.4, -0.2) is 63.2 Å². The molecule has 26 heavy (non-hydrogen) atoms. The zero-order valence-corrected chi connectivity index (χ0v) is 16.5. The van der Waals surface area contributed by atoms with Crippen LogP contribution >= 0.6 is 11.3 Å². The summed E-state index contributed by atoms with van der Waals surface area (Å²) in [7, 11) is -2.15. The molecule has 0 aliphatic carbocycles. The second kappa shape index (κ2) is 7.87. The van der Waals surface area contributed by atoms with Gasteiger partial charge in [-0.15, -0.1) is 11.3 Å². The van der Waals surface area contributed by atoms with Crippen molar-refractivity contribution in [3.05, 3.63) is 46.2 Å². The fourth-order valence-corrected chi connectivity index (χ4v) is 5.29. The first-order valence-corrected chi connectivity index (χ1v) is 10.7. The summed E-state index contributed by atoms with van der Waals surface area (Å²) in [5, 5.41) is 1.88. The molecular weight excluding hydrogens is 372 g/mol. The van der Waals surface area contributed by atoms with Gasteiger partial charge in [-0.25, -0.2) is 8.42 Å². The van der Waals surface area contributed by atoms with E-state index in [0.717, 1.165) is 10.4 Å². The fraction of sp³-hybridized carbons (Fsp3) is 0.389. The van der Waals surface area contributed by atoms with Gasteiger partial charge < -0.3 is 4.74 Å². The van der Waals surface area contributed by atoms with Crippen LogP contribution in [0.2, 0.25) is 0 Å². The Morgan fingerprint density at radius 2 is 1.92 bits per heavy atom. The Kier molecular flexibility index (Phi) is 5.76. The van der Waals surface area contributed by atoms with Gasteiger partial charge in [-0.2, -0.15) is 4.31 Å². The summed E-state index contributed by atoms with van der Waals surface area (Å²) in [6.07, 6.45) is 0. The van der Waals surface area contributed by atoms with Crippen LogP contribution in [0.5, 0.6) is 5.75 Å². The van der Waals surface area contributed by atoms with Gasteiger partial charge in [0.05, 0.1) is 18.5 Å². The number of nitrogens with zero attached hydrogens (tertiary/aromatic N) is 2. The molecule has 0 amide bonds. The number of ether oxygens (including phenoxy) is 1. The zero-order valence-electron chi connectivity index (χ0n) is 14.8. The molecule has 0 unspecified atom stereocenters. The maximum Gasteiger partial charge on any atom is 0.246 e. The molecule has 2 heterocycles. The minimum Gasteiger partial charge on any atom is -0.495 e. The number of carbonyl (C=O) groups is 1. The molecule has 1 aromatic carbocycles. The van der Waals surface area contributed by atoms with Gasteiger partial charge in [-0.3, -0.25) is 9.69 Å². The molecule has 0 spiro atoms. The summed E-state index contributed by atoms with van der Waals surface area (Å²) in [4.78, 5) is 15.2. The monoisotopic (exact) mass is 394 g/mol. The Morgan fingerprint density at radius 1 is 1.19 bits per heavy atom. The van der Waals surface area contributed by atoms with Crippen molar-refractivity contribution in [2.75, 3.05) is 39.8 Å². The van der Waals surface area contributed by atoms with Gasteiger partial charge in [-0.05, 0) is 36.1 Å². The van der Waals surface area contributed by atoms with Crippen molar-refractivity contribution in [2.45, 2.75) is 11.8 Å². The number of hydrogen-bond donors (Lipinski definition) is 0. The molecule has 0 atom stereocenters. The van der Waals surface area contributed by atoms with Crippen LogP contribution < -0.4 is 4.74 Å². The van der Waals surface area contributed by atoms with Crippen molar-refractivity contribution in [1.29, 1.82) is 0 Å². The second-order valence-corrected chi connectivity index (χ2v) is 9.09. The van der Waals surface area contributed by atoms with E-state index in [4.69, 9.17) is 4.74 Å². The maximum atomic E-state index is 13.0. The highest BCUT2D eigenvalue weighted by Gasteiger charge is 2.31. The van der Waals surface area contributed by atoms with Crippen LogP contribution in [0.15, 0.2) is 40.6 Å². The summed E-state index contributed by atoms with van der Waals surface area (Å²) in [5.41, 5.74) is 0.865. The van der Waals surface area contributed by atoms with Crippen LogP contribution in [0.4, 0.5) is 0 Å². The van der Waals surface area contributed by atoms with Crippen molar-refractivity contribution in [1.82, 2.24) is 9.21 Å². The molecule has 1 aromatic heterocycles. The van der Waals surface area contributed by atoms with Gasteiger partial charge >= 0.3 is 0 Å². The quantitative estimate of drug-likeness (QED) is 0.703. The Morgan fingerprint density at radius 3 is 2.54 bits per heavy atom. The summed E-state index contributed by atoms with van der Waals surface area (Å²) in [6.45, 7) is 3.96. The predicted molar refractivity (Wildman–Crippen MR) is 102 cm³/mol. The standard InChI is InChI=1S/C18H22N2O4S2/c1-14-5-6-16(24-2)18(12-14)26(22,23)20-9-7-19(8-10-20)13-15(21)17-4-3-11-25-17/h3-6,11-12H,7-10,13H2,1-2H3. The number of methoxy groups -OCH3 is 1. The van der Waals surface area contributed by atoms with E-state index in [1.165, 1.54) is 22.8 Å². The topological polar surface area (TPSA) is 66.9 Å². The first-order valence-electron chi connectivity index (χ1n) is 8.35. The fourth-order valence-electron chi connectivity index (χ4n) is 2.97. The largest absolute Gasteiger partial charge is 0.495 e. The van der Waals surface area contributed by atoms with Gasteiger partial charge in [0.2, 0.25) is 10.0 Å². The molecule has 1 fully saturated rings. The molecule has 140 valence electrons. The lowest BCUT2D eigenvalue weighted by Crippen LogP contribution is -2.49. The smallest absolute Gasteiger partial charge is 0.246 e. The van der Waals surface area contributed by atoms with Gasteiger partial charge in [-0.1, -0.05) is 12.1 Å². The molecular formula is C18H22N2O4S2. The maximum absolute atomic E-state index is 13.0. The highest BCUT2D eigenvalue weighted by atomic mass is 32.2. The molecule has 3 rings (SSSR count). The van der Waals surface area contributed by atoms with Gasteiger partial charge in [0.25, 0.3) is 0 Å². The van der Waals surface area contributed by atoms with Gasteiger partial charge in [0, 0.05) is 26.2 Å². The average Bonchev–Trinajstić information content (AvgIpc) is 3.17. The van der Waals surface area contributed by atoms with E-state index in [9.17, 15) is 13.2 Å². The third-order valence-corrected chi connectivity index (χ3v) is 7.26. The van der Waals surface area contributed by atoms with E-state index in [1.807, 2.05) is 35.4 Å². The number of ketones is 1. The summed E-state index contributed by atoms with van der Waals surface area (Å²) >= 11 is 1.43. The van der Waals surface area contributed by atoms with Crippen molar-refractivity contribution in [3.8, 4) is 5.75 Å². The number of aryl methyl sites for hydroxylation is 1. The minimum atomic E-state index is -3.62. The van der Waals surface area contributed by atoms with E-state index in [1.54, 1.807) is 12.1 Å². The Balaban J connectivity index is 1.67. The number of thiophene rings is 1. The third kappa shape index (κ3) is 3.98. The molecule has 0 radical (unpaired) electrons. The highest BCUT2D eigenvalue weighted by Crippen LogP contribution is 2.28. The lowest BCUT2D eigenvalue weighted by molar-refractivity contribution is 0.0905. The number of sulfonamides is 1. The van der Waals surface area contributed by atoms with E-state index in [0.29, 0.717) is 38.5 Å². The molecule has 2 aromatic rings. The van der Waals surface area contributed by atoms with E-state index >= 15 is 0 Å². The lowest BCUT2D eigenvalue weighted by Gasteiger charge is -2.33. The SMILES string of the molecule is COc1ccc(C)cc1S(=O)(=O)N1CCN(CC(=O)c2cccs2)CC1. The van der Waals surface area contributed by atoms with Gasteiger partial charge in [0.1, 0.15) is 10.6 Å². The van der Waals surface area contributed by atoms with Crippen LogP contribution in [0.25, 0.3) is 0 Å². The number of benzene rings is 1. The molecule has 1 aliphatic rings. The third-order valence-electron chi connectivity index (χ3n) is 4.43. The predicted octanol–water partition coefficient (Wildman–Crippen LogP) is 2.25. The molecule has 0 saturated carbocycles. The summed E-state index contributed by atoms with van der Waals surface area (Å²) in [5.74, 6) is 0.433. The van der Waals surface area contributed by atoms with E-state index in [2.05, 4.69) is 0 Å². The Labute approximate surface area is 158 Å². The normalized spacial score (nSPS) is 16.5. The average molecular weight is 395 g/mol. The molecule has 1 saturated heterocycles.